The lowest BCUT2D eigenvalue weighted by Crippen LogP contribution is -2.37. The highest BCUT2D eigenvalue weighted by Gasteiger charge is 2.04. The number of methoxy groups -OCH3 is 1. The number of halogens is 1. The van der Waals surface area contributed by atoms with Crippen LogP contribution < -0.4 is 15.4 Å². The third kappa shape index (κ3) is 10.2. The van der Waals surface area contributed by atoms with Gasteiger partial charge < -0.3 is 20.1 Å². The number of aliphatic imine (C=N–C) groups is 1. The molecule has 0 saturated heterocycles. The number of guanidine groups is 1. The third-order valence-electron chi connectivity index (χ3n) is 3.52. The van der Waals surface area contributed by atoms with Crippen molar-refractivity contribution in [2.75, 3.05) is 27.3 Å². The number of para-hydroxylation sites is 1. The molecule has 142 valence electrons. The van der Waals surface area contributed by atoms with E-state index in [2.05, 4.69) is 20.4 Å². The molecular formula is C18H30IN3O3. The first kappa shape index (κ1) is 23.5. The van der Waals surface area contributed by atoms with Gasteiger partial charge in [0.25, 0.3) is 0 Å². The van der Waals surface area contributed by atoms with E-state index in [-0.39, 0.29) is 29.9 Å². The van der Waals surface area contributed by atoms with Crippen molar-refractivity contribution in [3.8, 4) is 5.75 Å². The summed E-state index contributed by atoms with van der Waals surface area (Å²) in [7, 11) is 3.17. The Kier molecular flexibility index (Phi) is 13.9. The van der Waals surface area contributed by atoms with Crippen molar-refractivity contribution in [2.45, 2.75) is 39.2 Å². The monoisotopic (exact) mass is 463 g/mol. The topological polar surface area (TPSA) is 72.0 Å². The number of rotatable bonds is 10. The summed E-state index contributed by atoms with van der Waals surface area (Å²) in [5.74, 6) is 1.51. The van der Waals surface area contributed by atoms with Crippen molar-refractivity contribution in [3.63, 3.8) is 0 Å². The van der Waals surface area contributed by atoms with Crippen molar-refractivity contribution in [2.24, 2.45) is 4.99 Å². The van der Waals surface area contributed by atoms with Crippen molar-refractivity contribution >= 4 is 35.9 Å². The average molecular weight is 463 g/mol. The number of ether oxygens (including phenoxy) is 2. The molecule has 25 heavy (non-hydrogen) atoms. The Morgan fingerprint density at radius 2 is 1.92 bits per heavy atom. The first-order valence-corrected chi connectivity index (χ1v) is 8.43. The minimum absolute atomic E-state index is 0. The normalized spacial score (nSPS) is 10.6. The zero-order valence-electron chi connectivity index (χ0n) is 15.3. The van der Waals surface area contributed by atoms with Crippen LogP contribution in [0.15, 0.2) is 29.3 Å². The minimum atomic E-state index is -0.145. The number of unbranched alkanes of at least 4 members (excludes halogenated alkanes) is 2. The van der Waals surface area contributed by atoms with Crippen molar-refractivity contribution < 1.29 is 14.3 Å². The largest absolute Gasteiger partial charge is 0.494 e. The van der Waals surface area contributed by atoms with E-state index in [4.69, 9.17) is 4.74 Å². The second-order valence-electron chi connectivity index (χ2n) is 5.28. The highest BCUT2D eigenvalue weighted by molar-refractivity contribution is 14.0. The molecule has 1 aromatic rings. The second-order valence-corrected chi connectivity index (χ2v) is 5.28. The molecule has 2 N–H and O–H groups in total. The summed E-state index contributed by atoms with van der Waals surface area (Å²) in [6, 6.07) is 7.98. The first-order valence-electron chi connectivity index (χ1n) is 8.43. The molecule has 0 unspecified atom stereocenters. The van der Waals surface area contributed by atoms with Crippen LogP contribution in [0.4, 0.5) is 0 Å². The minimum Gasteiger partial charge on any atom is -0.494 e. The summed E-state index contributed by atoms with van der Waals surface area (Å²) in [4.78, 5) is 15.2. The van der Waals surface area contributed by atoms with Crippen LogP contribution in [0, 0.1) is 0 Å². The lowest BCUT2D eigenvalue weighted by molar-refractivity contribution is -0.140. The Morgan fingerprint density at radius 3 is 2.60 bits per heavy atom. The van der Waals surface area contributed by atoms with Gasteiger partial charge in [0.1, 0.15) is 5.75 Å². The average Bonchev–Trinajstić information content (AvgIpc) is 2.61. The highest BCUT2D eigenvalue weighted by atomic mass is 127. The molecule has 0 saturated carbocycles. The number of hydrogen-bond donors (Lipinski definition) is 2. The Morgan fingerprint density at radius 1 is 1.16 bits per heavy atom. The summed E-state index contributed by atoms with van der Waals surface area (Å²) in [6.45, 7) is 4.09. The number of benzene rings is 1. The Hall–Kier alpha value is -1.51. The summed E-state index contributed by atoms with van der Waals surface area (Å²) in [6.07, 6.45) is 3.29. The van der Waals surface area contributed by atoms with E-state index in [1.54, 1.807) is 7.05 Å². The maximum Gasteiger partial charge on any atom is 0.305 e. The molecule has 0 amide bonds. The molecule has 0 bridgehead atoms. The Bertz CT molecular complexity index is 524. The number of hydrogen-bond acceptors (Lipinski definition) is 4. The van der Waals surface area contributed by atoms with Crippen LogP contribution in [0.3, 0.4) is 0 Å². The molecule has 0 aliphatic heterocycles. The van der Waals surface area contributed by atoms with Gasteiger partial charge in [0, 0.05) is 32.1 Å². The van der Waals surface area contributed by atoms with E-state index in [1.165, 1.54) is 7.11 Å². The summed E-state index contributed by atoms with van der Waals surface area (Å²) in [5, 5.41) is 6.56. The molecule has 0 aromatic heterocycles. The molecule has 0 fully saturated rings. The molecule has 0 atom stereocenters. The molecular weight excluding hydrogens is 433 g/mol. The van der Waals surface area contributed by atoms with Crippen molar-refractivity contribution in [1.82, 2.24) is 10.6 Å². The van der Waals surface area contributed by atoms with E-state index in [0.717, 1.165) is 43.1 Å². The molecule has 0 heterocycles. The van der Waals surface area contributed by atoms with Crippen LogP contribution >= 0.6 is 24.0 Å². The molecule has 7 heteroatoms. The van der Waals surface area contributed by atoms with E-state index < -0.39 is 0 Å². The smallest absolute Gasteiger partial charge is 0.305 e. The summed E-state index contributed by atoms with van der Waals surface area (Å²) < 4.78 is 10.2. The van der Waals surface area contributed by atoms with E-state index in [1.807, 2.05) is 31.2 Å². The number of nitrogens with zero attached hydrogens (tertiary/aromatic N) is 1. The van der Waals surface area contributed by atoms with Gasteiger partial charge in [-0.3, -0.25) is 9.79 Å². The zero-order chi connectivity index (χ0) is 17.6. The van der Waals surface area contributed by atoms with Gasteiger partial charge in [-0.1, -0.05) is 24.6 Å². The van der Waals surface area contributed by atoms with Crippen LogP contribution in [0.25, 0.3) is 0 Å². The SMILES string of the molecule is CCOc1ccccc1CNC(=NC)NCCCCCC(=O)OC.I. The number of carbonyl (C=O) groups is 1. The van der Waals surface area contributed by atoms with Crippen LogP contribution in [0.5, 0.6) is 5.75 Å². The van der Waals surface area contributed by atoms with Gasteiger partial charge in [-0.05, 0) is 25.8 Å². The quantitative estimate of drug-likeness (QED) is 0.184. The molecule has 1 rings (SSSR count). The maximum absolute atomic E-state index is 11.0. The predicted molar refractivity (Wildman–Crippen MR) is 112 cm³/mol. The Labute approximate surface area is 167 Å². The fraction of sp³-hybridized carbons (Fsp3) is 0.556. The fourth-order valence-corrected chi connectivity index (χ4v) is 2.23. The van der Waals surface area contributed by atoms with E-state index in [0.29, 0.717) is 19.6 Å². The number of esters is 1. The van der Waals surface area contributed by atoms with Gasteiger partial charge >= 0.3 is 5.97 Å². The van der Waals surface area contributed by atoms with Gasteiger partial charge in [0.15, 0.2) is 5.96 Å². The highest BCUT2D eigenvalue weighted by Crippen LogP contribution is 2.17. The lowest BCUT2D eigenvalue weighted by atomic mass is 10.2. The zero-order valence-corrected chi connectivity index (χ0v) is 17.7. The molecule has 0 aliphatic rings. The van der Waals surface area contributed by atoms with E-state index >= 15 is 0 Å². The van der Waals surface area contributed by atoms with Gasteiger partial charge in [-0.15, -0.1) is 24.0 Å². The fourth-order valence-electron chi connectivity index (χ4n) is 2.23. The number of nitrogens with one attached hydrogen (secondary N) is 2. The lowest BCUT2D eigenvalue weighted by Gasteiger charge is -2.14. The van der Waals surface area contributed by atoms with Crippen LogP contribution in [0.2, 0.25) is 0 Å². The Balaban J connectivity index is 0.00000576. The molecule has 0 spiro atoms. The molecule has 6 nitrogen and oxygen atoms in total. The predicted octanol–water partition coefficient (Wildman–Crippen LogP) is 3.10. The van der Waals surface area contributed by atoms with Gasteiger partial charge in [-0.2, -0.15) is 0 Å². The summed E-state index contributed by atoms with van der Waals surface area (Å²) in [5.41, 5.74) is 1.10. The van der Waals surface area contributed by atoms with Gasteiger partial charge in [0.2, 0.25) is 0 Å². The third-order valence-corrected chi connectivity index (χ3v) is 3.52. The maximum atomic E-state index is 11.0. The molecule has 0 aliphatic carbocycles. The molecule has 1 aromatic carbocycles. The standard InChI is InChI=1S/C18H29N3O3.HI/c1-4-24-16-11-8-7-10-15(16)14-21-18(19-2)20-13-9-5-6-12-17(22)23-3;/h7-8,10-11H,4-6,9,12-14H2,1-3H3,(H2,19,20,21);1H. The van der Waals surface area contributed by atoms with Crippen molar-refractivity contribution in [3.05, 3.63) is 29.8 Å². The second kappa shape index (κ2) is 14.8. The van der Waals surface area contributed by atoms with Gasteiger partial charge in [0.05, 0.1) is 13.7 Å². The van der Waals surface area contributed by atoms with Crippen LogP contribution in [-0.4, -0.2) is 39.2 Å². The van der Waals surface area contributed by atoms with Crippen LogP contribution in [0.1, 0.15) is 38.2 Å². The summed E-state index contributed by atoms with van der Waals surface area (Å²) >= 11 is 0. The first-order chi connectivity index (χ1) is 11.7. The number of carbonyl (C=O) groups excluding carboxylic acids is 1. The van der Waals surface area contributed by atoms with Gasteiger partial charge in [-0.25, -0.2) is 0 Å². The molecule has 0 radical (unpaired) electrons. The van der Waals surface area contributed by atoms with Crippen LogP contribution in [-0.2, 0) is 16.1 Å². The van der Waals surface area contributed by atoms with Crippen molar-refractivity contribution in [1.29, 1.82) is 0 Å². The van der Waals surface area contributed by atoms with E-state index in [9.17, 15) is 4.79 Å².